The van der Waals surface area contributed by atoms with E-state index in [9.17, 15) is 23.1 Å². The van der Waals surface area contributed by atoms with E-state index in [1.54, 1.807) is 6.20 Å². The molecule has 13 heteroatoms. The number of aromatic nitrogens is 4. The minimum Gasteiger partial charge on any atom is -0.481 e. The second-order valence-corrected chi connectivity index (χ2v) is 7.88. The summed E-state index contributed by atoms with van der Waals surface area (Å²) >= 11 is 0. The third kappa shape index (κ3) is 7.16. The fourth-order valence-electron chi connectivity index (χ4n) is 3.63. The molecule has 3 heterocycles. The minimum absolute atomic E-state index is 0.115. The summed E-state index contributed by atoms with van der Waals surface area (Å²) in [5.41, 5.74) is 1.95. The molecule has 2 aromatic heterocycles. The molecule has 186 valence electrons. The highest BCUT2D eigenvalue weighted by Gasteiger charge is 2.38. The summed E-state index contributed by atoms with van der Waals surface area (Å²) in [7, 11) is 0. The number of aromatic amines is 1. The number of nitrogens with one attached hydrogen (secondary N) is 2. The molecule has 0 radical (unpaired) electrons. The van der Waals surface area contributed by atoms with Gasteiger partial charge in [0.2, 0.25) is 5.95 Å². The second-order valence-electron chi connectivity index (χ2n) is 7.88. The Kier molecular flexibility index (Phi) is 7.89. The SMILES string of the molecule is Cc1cc(Nc2ccn[nH]2)nc(N2C[C@H](C(=O)O)C[C@H](c3ccccc3)C2)n1.O=C(O)C(F)(F)F. The van der Waals surface area contributed by atoms with Gasteiger partial charge in [0, 0.05) is 36.8 Å². The Hall–Kier alpha value is -4.16. The third-order valence-electron chi connectivity index (χ3n) is 5.20. The number of piperidine rings is 1. The fourth-order valence-corrected chi connectivity index (χ4v) is 3.63. The van der Waals surface area contributed by atoms with Crippen LogP contribution in [0.2, 0.25) is 0 Å². The highest BCUT2D eigenvalue weighted by atomic mass is 19.4. The van der Waals surface area contributed by atoms with Gasteiger partial charge in [-0.25, -0.2) is 9.78 Å². The van der Waals surface area contributed by atoms with Gasteiger partial charge in [-0.2, -0.15) is 23.3 Å². The van der Waals surface area contributed by atoms with E-state index in [1.165, 1.54) is 0 Å². The molecule has 3 aromatic rings. The van der Waals surface area contributed by atoms with Gasteiger partial charge in [0.05, 0.1) is 12.1 Å². The maximum atomic E-state index is 11.8. The first kappa shape index (κ1) is 25.5. The minimum atomic E-state index is -5.08. The number of carbonyl (C=O) groups is 2. The molecule has 10 nitrogen and oxygen atoms in total. The largest absolute Gasteiger partial charge is 0.490 e. The average molecular weight is 492 g/mol. The Balaban J connectivity index is 0.000000429. The molecule has 0 bridgehead atoms. The second kappa shape index (κ2) is 10.8. The average Bonchev–Trinajstić information content (AvgIpc) is 3.32. The fraction of sp³-hybridized carbons (Fsp3) is 0.318. The number of alkyl halides is 3. The molecule has 2 atom stereocenters. The molecular weight excluding hydrogens is 469 g/mol. The van der Waals surface area contributed by atoms with Gasteiger partial charge in [0.15, 0.2) is 0 Å². The molecule has 0 aliphatic carbocycles. The number of benzene rings is 1. The van der Waals surface area contributed by atoms with Crippen LogP contribution in [0, 0.1) is 12.8 Å². The van der Waals surface area contributed by atoms with E-state index in [4.69, 9.17) is 9.90 Å². The van der Waals surface area contributed by atoms with Crippen LogP contribution in [0.15, 0.2) is 48.7 Å². The molecule has 1 aliphatic rings. The summed E-state index contributed by atoms with van der Waals surface area (Å²) < 4.78 is 31.7. The van der Waals surface area contributed by atoms with Crippen LogP contribution < -0.4 is 10.2 Å². The first-order valence-corrected chi connectivity index (χ1v) is 10.5. The van der Waals surface area contributed by atoms with Crippen LogP contribution in [-0.2, 0) is 9.59 Å². The summed E-state index contributed by atoms with van der Waals surface area (Å²) in [4.78, 5) is 31.8. The number of nitrogens with zero attached hydrogens (tertiary/aromatic N) is 4. The van der Waals surface area contributed by atoms with Crippen molar-refractivity contribution in [1.82, 2.24) is 20.2 Å². The number of aliphatic carboxylic acids is 2. The number of carboxylic acid groups (broad SMARTS) is 2. The zero-order chi connectivity index (χ0) is 25.6. The van der Waals surface area contributed by atoms with Crippen molar-refractivity contribution in [2.45, 2.75) is 25.4 Å². The van der Waals surface area contributed by atoms with Crippen molar-refractivity contribution in [1.29, 1.82) is 0 Å². The van der Waals surface area contributed by atoms with Crippen molar-refractivity contribution in [3.05, 3.63) is 59.9 Å². The summed E-state index contributed by atoms with van der Waals surface area (Å²) in [6.07, 6.45) is -2.81. The maximum absolute atomic E-state index is 11.8. The van der Waals surface area contributed by atoms with Crippen LogP contribution in [0.25, 0.3) is 0 Å². The van der Waals surface area contributed by atoms with Crippen molar-refractivity contribution in [2.75, 3.05) is 23.3 Å². The Labute approximate surface area is 197 Å². The quantitative estimate of drug-likeness (QED) is 0.420. The first-order chi connectivity index (χ1) is 16.5. The van der Waals surface area contributed by atoms with E-state index >= 15 is 0 Å². The molecule has 1 aromatic carbocycles. The lowest BCUT2D eigenvalue weighted by Gasteiger charge is -2.36. The van der Waals surface area contributed by atoms with Gasteiger partial charge in [-0.05, 0) is 18.9 Å². The summed E-state index contributed by atoms with van der Waals surface area (Å²) in [6, 6.07) is 13.7. The lowest BCUT2D eigenvalue weighted by atomic mass is 9.84. The van der Waals surface area contributed by atoms with E-state index in [2.05, 4.69) is 37.6 Å². The zero-order valence-electron chi connectivity index (χ0n) is 18.5. The molecule has 1 aliphatic heterocycles. The van der Waals surface area contributed by atoms with E-state index in [0.29, 0.717) is 31.3 Å². The number of anilines is 3. The summed E-state index contributed by atoms with van der Waals surface area (Å²) in [5, 5.41) is 26.7. The van der Waals surface area contributed by atoms with Crippen LogP contribution in [-0.4, -0.2) is 61.6 Å². The summed E-state index contributed by atoms with van der Waals surface area (Å²) in [5.74, 6) is -1.99. The van der Waals surface area contributed by atoms with Gasteiger partial charge in [0.1, 0.15) is 11.6 Å². The lowest BCUT2D eigenvalue weighted by molar-refractivity contribution is -0.192. The highest BCUT2D eigenvalue weighted by Crippen LogP contribution is 2.32. The van der Waals surface area contributed by atoms with Gasteiger partial charge < -0.3 is 20.4 Å². The summed E-state index contributed by atoms with van der Waals surface area (Å²) in [6.45, 7) is 2.98. The van der Waals surface area contributed by atoms with E-state index in [1.807, 2.05) is 42.2 Å². The molecule has 4 N–H and O–H groups in total. The molecule has 0 unspecified atom stereocenters. The Bertz CT molecular complexity index is 1140. The van der Waals surface area contributed by atoms with Crippen LogP contribution >= 0.6 is 0 Å². The standard InChI is InChI=1S/C20H22N6O2.C2HF3O2/c1-13-9-18(23-17-7-8-21-25-17)24-20(22-13)26-11-15(10-16(12-26)19(27)28)14-5-3-2-4-6-14;3-2(4,5)1(6)7/h2-9,15-16H,10-12H2,1H3,(H,27,28)(H2,21,22,23,24,25);(H,6,7)/t15-,16+;/m0./s1. The first-order valence-electron chi connectivity index (χ1n) is 10.5. The van der Waals surface area contributed by atoms with Gasteiger partial charge in [-0.3, -0.25) is 9.89 Å². The van der Waals surface area contributed by atoms with Crippen molar-refractivity contribution in [2.24, 2.45) is 5.92 Å². The Morgan fingerprint density at radius 2 is 1.80 bits per heavy atom. The number of rotatable bonds is 5. The third-order valence-corrected chi connectivity index (χ3v) is 5.20. The number of carboxylic acids is 2. The number of aryl methyl sites for hydroxylation is 1. The van der Waals surface area contributed by atoms with Crippen molar-refractivity contribution in [3.8, 4) is 0 Å². The molecule has 1 fully saturated rings. The number of hydrogen-bond acceptors (Lipinski definition) is 7. The molecule has 0 amide bonds. The van der Waals surface area contributed by atoms with Gasteiger partial charge >= 0.3 is 18.1 Å². The number of H-pyrrole nitrogens is 1. The van der Waals surface area contributed by atoms with Crippen LogP contribution in [0.4, 0.5) is 30.8 Å². The molecular formula is C22H23F3N6O4. The van der Waals surface area contributed by atoms with E-state index < -0.39 is 24.0 Å². The van der Waals surface area contributed by atoms with E-state index in [0.717, 1.165) is 17.1 Å². The van der Waals surface area contributed by atoms with Crippen molar-refractivity contribution < 1.29 is 33.0 Å². The smallest absolute Gasteiger partial charge is 0.481 e. The molecule has 1 saturated heterocycles. The molecule has 0 spiro atoms. The molecule has 4 rings (SSSR count). The van der Waals surface area contributed by atoms with Crippen molar-refractivity contribution >= 4 is 29.5 Å². The van der Waals surface area contributed by atoms with Crippen LogP contribution in [0.3, 0.4) is 0 Å². The van der Waals surface area contributed by atoms with E-state index in [-0.39, 0.29) is 5.92 Å². The van der Waals surface area contributed by atoms with Gasteiger partial charge in [-0.15, -0.1) is 0 Å². The normalized spacial score (nSPS) is 17.8. The van der Waals surface area contributed by atoms with Crippen molar-refractivity contribution in [3.63, 3.8) is 0 Å². The number of halogens is 3. The lowest BCUT2D eigenvalue weighted by Crippen LogP contribution is -2.43. The van der Waals surface area contributed by atoms with Gasteiger partial charge in [0.25, 0.3) is 0 Å². The topological polar surface area (TPSA) is 144 Å². The van der Waals surface area contributed by atoms with Crippen LogP contribution in [0.5, 0.6) is 0 Å². The predicted molar refractivity (Wildman–Crippen MR) is 119 cm³/mol. The predicted octanol–water partition coefficient (Wildman–Crippen LogP) is 3.58. The highest BCUT2D eigenvalue weighted by molar-refractivity contribution is 5.73. The number of hydrogen-bond donors (Lipinski definition) is 4. The monoisotopic (exact) mass is 492 g/mol. The zero-order valence-corrected chi connectivity index (χ0v) is 18.5. The Morgan fingerprint density at radius 3 is 2.37 bits per heavy atom. The molecule has 35 heavy (non-hydrogen) atoms. The molecule has 0 saturated carbocycles. The maximum Gasteiger partial charge on any atom is 0.490 e. The van der Waals surface area contributed by atoms with Crippen LogP contribution in [0.1, 0.15) is 23.6 Å². The Morgan fingerprint density at radius 1 is 1.11 bits per heavy atom. The van der Waals surface area contributed by atoms with Gasteiger partial charge in [-0.1, -0.05) is 30.3 Å².